The predicted molar refractivity (Wildman–Crippen MR) is 98.4 cm³/mol. The molecule has 0 N–H and O–H groups in total. The zero-order valence-corrected chi connectivity index (χ0v) is 15.4. The van der Waals surface area contributed by atoms with Crippen molar-refractivity contribution in [1.82, 2.24) is 14.3 Å². The van der Waals surface area contributed by atoms with Crippen LogP contribution in [0, 0.1) is 35.5 Å². The fourth-order valence-corrected chi connectivity index (χ4v) is 2.75. The van der Waals surface area contributed by atoms with Gasteiger partial charge >= 0.3 is 5.69 Å². The molecule has 139 valence electrons. The van der Waals surface area contributed by atoms with Crippen LogP contribution < -0.4 is 10.4 Å². The number of rotatable bonds is 4. The average Bonchev–Trinajstić information content (AvgIpc) is 2.93. The predicted octanol–water partition coefficient (Wildman–Crippen LogP) is 3.14. The summed E-state index contributed by atoms with van der Waals surface area (Å²) in [5, 5.41) is 22.1. The third-order valence-electron chi connectivity index (χ3n) is 3.99. The van der Waals surface area contributed by atoms with Gasteiger partial charge in [0.25, 0.3) is 0 Å². The van der Waals surface area contributed by atoms with Crippen molar-refractivity contribution >= 4 is 11.6 Å². The zero-order chi connectivity index (χ0) is 20.4. The van der Waals surface area contributed by atoms with E-state index in [1.807, 2.05) is 12.1 Å². The van der Waals surface area contributed by atoms with E-state index in [4.69, 9.17) is 26.9 Å². The number of nitrogens with zero attached hydrogens (tertiary/aromatic N) is 5. The quantitative estimate of drug-likeness (QED) is 0.674. The van der Waals surface area contributed by atoms with Crippen molar-refractivity contribution in [3.63, 3.8) is 0 Å². The summed E-state index contributed by atoms with van der Waals surface area (Å²) in [6.45, 7) is 0. The standard InChI is InChI=1S/C19H12ClFN5O2/c1-25-16(24-26(2)19(25)27)8-13-3-4-15(20)18(17(13)21)28-14-6-11(9-22)5-12(7-14)10-23/h3-7H,2,8H2,1H3. The Hall–Kier alpha value is -3.62. The molecule has 1 radical (unpaired) electrons. The second-order valence-electron chi connectivity index (χ2n) is 5.86. The maximum absolute atomic E-state index is 15.0. The normalized spacial score (nSPS) is 10.4. The minimum absolute atomic E-state index is 0.00923. The van der Waals surface area contributed by atoms with Crippen molar-refractivity contribution in [2.45, 2.75) is 6.42 Å². The summed E-state index contributed by atoms with van der Waals surface area (Å²) in [5.41, 5.74) is 0.152. The molecule has 0 aliphatic heterocycles. The molecule has 0 aliphatic carbocycles. The summed E-state index contributed by atoms with van der Waals surface area (Å²) in [6.07, 6.45) is 0.00923. The summed E-state index contributed by atoms with van der Waals surface area (Å²) >= 11 is 6.08. The Morgan fingerprint density at radius 1 is 1.25 bits per heavy atom. The Bertz CT molecular complexity index is 1180. The molecular formula is C19H12ClFN5O2. The molecule has 0 saturated heterocycles. The molecule has 0 unspecified atom stereocenters. The lowest BCUT2D eigenvalue weighted by molar-refractivity contribution is 0.439. The van der Waals surface area contributed by atoms with Crippen molar-refractivity contribution in [3.05, 3.63) is 81.2 Å². The first-order valence-electron chi connectivity index (χ1n) is 7.90. The molecule has 0 saturated carbocycles. The highest BCUT2D eigenvalue weighted by Gasteiger charge is 2.18. The second kappa shape index (κ2) is 7.55. The largest absolute Gasteiger partial charge is 0.453 e. The summed E-state index contributed by atoms with van der Waals surface area (Å²) in [5.74, 6) is -0.579. The van der Waals surface area contributed by atoms with E-state index in [1.54, 1.807) is 0 Å². The van der Waals surface area contributed by atoms with E-state index < -0.39 is 11.5 Å². The molecule has 0 bridgehead atoms. The fraction of sp³-hybridized carbons (Fsp3) is 0.105. The van der Waals surface area contributed by atoms with Gasteiger partial charge in [-0.15, -0.1) is 0 Å². The maximum atomic E-state index is 15.0. The number of ether oxygens (including phenoxy) is 1. The highest BCUT2D eigenvalue weighted by molar-refractivity contribution is 6.32. The van der Waals surface area contributed by atoms with Gasteiger partial charge in [-0.2, -0.15) is 15.6 Å². The SMILES string of the molecule is [CH2]n1nc(Cc2ccc(Cl)c(Oc3cc(C#N)cc(C#N)c3)c2F)n(C)c1=O. The minimum Gasteiger partial charge on any atom is -0.453 e. The van der Waals surface area contributed by atoms with Crippen LogP contribution in [0.3, 0.4) is 0 Å². The molecular weight excluding hydrogens is 385 g/mol. The molecule has 0 aliphatic rings. The molecule has 7 nitrogen and oxygen atoms in total. The van der Waals surface area contributed by atoms with Crippen LogP contribution in [0.2, 0.25) is 5.02 Å². The third-order valence-corrected chi connectivity index (χ3v) is 4.29. The van der Waals surface area contributed by atoms with Crippen molar-refractivity contribution in [1.29, 1.82) is 10.5 Å². The van der Waals surface area contributed by atoms with Gasteiger partial charge in [-0.3, -0.25) is 4.57 Å². The van der Waals surface area contributed by atoms with E-state index in [9.17, 15) is 4.79 Å². The van der Waals surface area contributed by atoms with Crippen molar-refractivity contribution in [3.8, 4) is 23.6 Å². The average molecular weight is 397 g/mol. The number of benzene rings is 2. The molecule has 0 spiro atoms. The molecule has 3 aromatic rings. The smallest absolute Gasteiger partial charge is 0.345 e. The van der Waals surface area contributed by atoms with Crippen LogP contribution in [0.15, 0.2) is 35.1 Å². The third kappa shape index (κ3) is 3.59. The van der Waals surface area contributed by atoms with E-state index in [2.05, 4.69) is 12.1 Å². The van der Waals surface area contributed by atoms with Gasteiger partial charge in [0.1, 0.15) is 11.6 Å². The number of aromatic nitrogens is 3. The summed E-state index contributed by atoms with van der Waals surface area (Å²) in [6, 6.07) is 10.9. The molecule has 28 heavy (non-hydrogen) atoms. The van der Waals surface area contributed by atoms with Gasteiger partial charge in [-0.1, -0.05) is 17.7 Å². The molecule has 1 heterocycles. The van der Waals surface area contributed by atoms with E-state index in [-0.39, 0.29) is 39.6 Å². The van der Waals surface area contributed by atoms with Crippen LogP contribution in [0.25, 0.3) is 0 Å². The first kappa shape index (κ1) is 19.2. The van der Waals surface area contributed by atoms with Crippen LogP contribution in [0.1, 0.15) is 22.5 Å². The van der Waals surface area contributed by atoms with E-state index in [0.717, 1.165) is 4.68 Å². The summed E-state index contributed by atoms with van der Waals surface area (Å²) < 4.78 is 22.8. The first-order valence-corrected chi connectivity index (χ1v) is 8.27. The highest BCUT2D eigenvalue weighted by atomic mass is 35.5. The minimum atomic E-state index is -0.737. The van der Waals surface area contributed by atoms with Gasteiger partial charge in [0.2, 0.25) is 0 Å². The maximum Gasteiger partial charge on any atom is 0.345 e. The van der Waals surface area contributed by atoms with Gasteiger partial charge in [-0.25, -0.2) is 13.9 Å². The number of nitriles is 2. The van der Waals surface area contributed by atoms with Crippen molar-refractivity contribution in [2.24, 2.45) is 7.05 Å². The van der Waals surface area contributed by atoms with E-state index in [0.29, 0.717) is 5.82 Å². The van der Waals surface area contributed by atoms with Gasteiger partial charge in [0, 0.05) is 13.5 Å². The first-order chi connectivity index (χ1) is 13.3. The van der Waals surface area contributed by atoms with Gasteiger partial charge in [0.15, 0.2) is 11.6 Å². The molecule has 2 aromatic carbocycles. The molecule has 0 atom stereocenters. The summed E-state index contributed by atoms with van der Waals surface area (Å²) in [7, 11) is 4.97. The molecule has 9 heteroatoms. The van der Waals surface area contributed by atoms with Gasteiger partial charge in [0.05, 0.1) is 35.3 Å². The Labute approximate surface area is 164 Å². The van der Waals surface area contributed by atoms with Crippen LogP contribution in [-0.4, -0.2) is 14.3 Å². The van der Waals surface area contributed by atoms with Crippen molar-refractivity contribution in [2.75, 3.05) is 0 Å². The Morgan fingerprint density at radius 3 is 2.43 bits per heavy atom. The lowest BCUT2D eigenvalue weighted by atomic mass is 10.1. The Kier molecular flexibility index (Phi) is 5.16. The van der Waals surface area contributed by atoms with Crippen molar-refractivity contribution < 1.29 is 9.13 Å². The van der Waals surface area contributed by atoms with Gasteiger partial charge in [-0.05, 0) is 29.8 Å². The number of hydrogen-bond acceptors (Lipinski definition) is 5. The monoisotopic (exact) mass is 396 g/mol. The number of halogens is 2. The van der Waals surface area contributed by atoms with Crippen LogP contribution in [0.5, 0.6) is 11.5 Å². The van der Waals surface area contributed by atoms with E-state index >= 15 is 4.39 Å². The lowest BCUT2D eigenvalue weighted by Crippen LogP contribution is -2.19. The van der Waals surface area contributed by atoms with Crippen LogP contribution in [0.4, 0.5) is 4.39 Å². The summed E-state index contributed by atoms with van der Waals surface area (Å²) in [4.78, 5) is 11.8. The molecule has 0 fully saturated rings. The molecule has 1 aromatic heterocycles. The Morgan fingerprint density at radius 2 is 1.89 bits per heavy atom. The number of hydrogen-bond donors (Lipinski definition) is 0. The zero-order valence-electron chi connectivity index (χ0n) is 14.6. The topological polar surface area (TPSA) is 96.6 Å². The van der Waals surface area contributed by atoms with Crippen LogP contribution >= 0.6 is 11.6 Å². The lowest BCUT2D eigenvalue weighted by Gasteiger charge is -2.12. The van der Waals surface area contributed by atoms with Crippen LogP contribution in [-0.2, 0) is 13.5 Å². The molecule has 3 rings (SSSR count). The Balaban J connectivity index is 2.00. The second-order valence-corrected chi connectivity index (χ2v) is 6.26. The molecule has 0 amide bonds. The van der Waals surface area contributed by atoms with Gasteiger partial charge < -0.3 is 4.74 Å². The van der Waals surface area contributed by atoms with E-state index in [1.165, 1.54) is 41.9 Å². The highest BCUT2D eigenvalue weighted by Crippen LogP contribution is 2.35. The fourth-order valence-electron chi connectivity index (χ4n) is 2.57.